The number of amides is 2. The van der Waals surface area contributed by atoms with Crippen LogP contribution in [-0.4, -0.2) is 63.8 Å². The quantitative estimate of drug-likeness (QED) is 0.144. The first-order chi connectivity index (χ1) is 21.7. The van der Waals surface area contributed by atoms with Gasteiger partial charge in [0.1, 0.15) is 0 Å². The van der Waals surface area contributed by atoms with Gasteiger partial charge in [0.05, 0.1) is 22.6 Å². The number of aromatic nitrogens is 2. The number of nitrogens with one attached hydrogen (secondary N) is 3. The lowest BCUT2D eigenvalue weighted by Gasteiger charge is -2.32. The summed E-state index contributed by atoms with van der Waals surface area (Å²) in [4.78, 5) is 37.0. The van der Waals surface area contributed by atoms with E-state index in [1.54, 1.807) is 24.0 Å². The molecular formula is C35H36Cl3N5O2. The van der Waals surface area contributed by atoms with Crippen LogP contribution in [0.3, 0.4) is 0 Å². The fraction of sp³-hybridized carbons (Fsp3) is 0.314. The molecule has 7 nitrogen and oxygen atoms in total. The number of nitrogens with zero attached hydrogens (tertiary/aromatic N) is 2. The van der Waals surface area contributed by atoms with E-state index in [4.69, 9.17) is 34.8 Å². The second kappa shape index (κ2) is 13.9. The van der Waals surface area contributed by atoms with Crippen molar-refractivity contribution < 1.29 is 9.59 Å². The number of para-hydroxylation sites is 1. The molecule has 5 aromatic rings. The van der Waals surface area contributed by atoms with Crippen molar-refractivity contribution in [1.82, 2.24) is 25.1 Å². The lowest BCUT2D eigenvalue weighted by atomic mass is 9.89. The number of likely N-dealkylation sites (tertiary alicyclic amines) is 1. The third-order valence-electron chi connectivity index (χ3n) is 8.82. The Morgan fingerprint density at radius 1 is 0.933 bits per heavy atom. The summed E-state index contributed by atoms with van der Waals surface area (Å²) in [5.41, 5.74) is 5.39. The molecule has 0 radical (unpaired) electrons. The van der Waals surface area contributed by atoms with Crippen molar-refractivity contribution in [2.75, 3.05) is 26.2 Å². The number of halogens is 3. The van der Waals surface area contributed by atoms with Crippen molar-refractivity contribution in [3.05, 3.63) is 105 Å². The van der Waals surface area contributed by atoms with E-state index in [2.05, 4.69) is 32.4 Å². The average molecular weight is 665 g/mol. The Hall–Kier alpha value is -3.49. The second-order valence-corrected chi connectivity index (χ2v) is 13.2. The van der Waals surface area contributed by atoms with Crippen molar-refractivity contribution in [1.29, 1.82) is 0 Å². The monoisotopic (exact) mass is 663 g/mol. The van der Waals surface area contributed by atoms with Gasteiger partial charge in [0.15, 0.2) is 0 Å². The summed E-state index contributed by atoms with van der Waals surface area (Å²) in [5.74, 6) is 0.284. The lowest BCUT2D eigenvalue weighted by molar-refractivity contribution is -0.131. The maximum Gasteiger partial charge on any atom is 0.234 e. The molecule has 1 fully saturated rings. The SMILES string of the molecule is CC(=O)N(Cc1ccc(Cl)c(Cl)c1)C[C@@H](Cc1c[nH]c2ccccc12)NC(=O)CN1CCC(c2c[nH]c3ccc(Cl)cc23)CC1. The topological polar surface area (TPSA) is 84.2 Å². The highest BCUT2D eigenvalue weighted by atomic mass is 35.5. The van der Waals surface area contributed by atoms with Crippen LogP contribution in [0, 0.1) is 0 Å². The molecule has 1 atom stereocenters. The molecule has 1 saturated heterocycles. The number of H-pyrrole nitrogens is 2. The van der Waals surface area contributed by atoms with Crippen LogP contribution in [0.1, 0.15) is 42.4 Å². The van der Waals surface area contributed by atoms with Gasteiger partial charge in [-0.3, -0.25) is 14.5 Å². The van der Waals surface area contributed by atoms with Crippen LogP contribution in [0.5, 0.6) is 0 Å². The number of rotatable bonds is 10. The Bertz CT molecular complexity index is 1820. The van der Waals surface area contributed by atoms with Crippen molar-refractivity contribution in [2.45, 2.75) is 44.7 Å². The number of piperidine rings is 1. The molecule has 10 heteroatoms. The summed E-state index contributed by atoms with van der Waals surface area (Å²) in [7, 11) is 0. The van der Waals surface area contributed by atoms with Gasteiger partial charge in [-0.15, -0.1) is 0 Å². The van der Waals surface area contributed by atoms with Crippen molar-refractivity contribution in [3.8, 4) is 0 Å². The standard InChI is InChI=1S/C35H36Cl3N5O2/c1-22(44)43(19-23-6-8-31(37)32(38)14-23)20-27(15-25-17-39-33-5-3-2-4-28(25)33)41-35(45)21-42-12-10-24(11-13-42)30-18-40-34-9-7-26(36)16-29(30)34/h2-9,14,16-18,24,27,39-40H,10-13,15,19-21H2,1H3,(H,41,45)/t27-/m1/s1. The molecule has 3 heterocycles. The zero-order valence-corrected chi connectivity index (χ0v) is 27.4. The minimum Gasteiger partial charge on any atom is -0.361 e. The van der Waals surface area contributed by atoms with Crippen molar-refractivity contribution in [2.24, 2.45) is 0 Å². The third-order valence-corrected chi connectivity index (χ3v) is 9.79. The van der Waals surface area contributed by atoms with Crippen LogP contribution >= 0.6 is 34.8 Å². The zero-order valence-electron chi connectivity index (χ0n) is 25.1. The molecule has 0 saturated carbocycles. The van der Waals surface area contributed by atoms with Gasteiger partial charge in [0.25, 0.3) is 0 Å². The van der Waals surface area contributed by atoms with Gasteiger partial charge in [0.2, 0.25) is 11.8 Å². The predicted molar refractivity (Wildman–Crippen MR) is 183 cm³/mol. The van der Waals surface area contributed by atoms with Crippen molar-refractivity contribution >= 4 is 68.4 Å². The third kappa shape index (κ3) is 7.50. The fourth-order valence-electron chi connectivity index (χ4n) is 6.49. The molecule has 0 spiro atoms. The summed E-state index contributed by atoms with van der Waals surface area (Å²) >= 11 is 18.7. The van der Waals surface area contributed by atoms with E-state index in [1.807, 2.05) is 48.7 Å². The molecular weight excluding hydrogens is 629 g/mol. The number of fused-ring (bicyclic) bond motifs is 2. The van der Waals surface area contributed by atoms with Crippen LogP contribution in [-0.2, 0) is 22.6 Å². The number of hydrogen-bond acceptors (Lipinski definition) is 3. The summed E-state index contributed by atoms with van der Waals surface area (Å²) < 4.78 is 0. The number of aromatic amines is 2. The molecule has 1 aliphatic heterocycles. The Labute approximate surface area is 277 Å². The molecule has 45 heavy (non-hydrogen) atoms. The van der Waals surface area contributed by atoms with E-state index in [1.165, 1.54) is 10.9 Å². The molecule has 6 rings (SSSR count). The molecule has 0 aliphatic carbocycles. The Morgan fingerprint density at radius 2 is 1.69 bits per heavy atom. The second-order valence-electron chi connectivity index (χ2n) is 12.0. The van der Waals surface area contributed by atoms with E-state index in [0.29, 0.717) is 42.0 Å². The first-order valence-electron chi connectivity index (χ1n) is 15.3. The van der Waals surface area contributed by atoms with E-state index in [9.17, 15) is 9.59 Å². The number of carbonyl (C=O) groups is 2. The van der Waals surface area contributed by atoms with Gasteiger partial charge in [-0.25, -0.2) is 0 Å². The predicted octanol–water partition coefficient (Wildman–Crippen LogP) is 7.57. The van der Waals surface area contributed by atoms with Crippen LogP contribution in [0.25, 0.3) is 21.8 Å². The maximum atomic E-state index is 13.5. The molecule has 2 amide bonds. The number of hydrogen-bond donors (Lipinski definition) is 3. The summed E-state index contributed by atoms with van der Waals surface area (Å²) in [6.45, 7) is 4.23. The van der Waals surface area contributed by atoms with Crippen LogP contribution in [0.2, 0.25) is 15.1 Å². The zero-order chi connectivity index (χ0) is 31.5. The Morgan fingerprint density at radius 3 is 2.47 bits per heavy atom. The van der Waals surface area contributed by atoms with Gasteiger partial charge in [-0.1, -0.05) is 59.1 Å². The molecule has 234 valence electrons. The minimum absolute atomic E-state index is 0.0461. The van der Waals surface area contributed by atoms with Gasteiger partial charge < -0.3 is 20.2 Å². The molecule has 0 unspecified atom stereocenters. The van der Waals surface area contributed by atoms with Crippen molar-refractivity contribution in [3.63, 3.8) is 0 Å². The minimum atomic E-state index is -0.295. The molecule has 2 aromatic heterocycles. The Kier molecular flexibility index (Phi) is 9.71. The van der Waals surface area contributed by atoms with Gasteiger partial charge in [-0.05, 0) is 91.4 Å². The largest absolute Gasteiger partial charge is 0.361 e. The normalized spacial score (nSPS) is 15.0. The highest BCUT2D eigenvalue weighted by molar-refractivity contribution is 6.42. The lowest BCUT2D eigenvalue weighted by Crippen LogP contribution is -2.49. The number of benzene rings is 3. The smallest absolute Gasteiger partial charge is 0.234 e. The first kappa shape index (κ1) is 31.5. The molecule has 1 aliphatic rings. The summed E-state index contributed by atoms with van der Waals surface area (Å²) in [6.07, 6.45) is 6.60. The highest BCUT2D eigenvalue weighted by Crippen LogP contribution is 2.34. The average Bonchev–Trinajstić information content (AvgIpc) is 3.63. The maximum absolute atomic E-state index is 13.5. The Balaban J connectivity index is 1.13. The fourth-order valence-corrected chi connectivity index (χ4v) is 6.98. The molecule has 0 bridgehead atoms. The summed E-state index contributed by atoms with van der Waals surface area (Å²) in [6, 6.07) is 19.1. The van der Waals surface area contributed by atoms with E-state index >= 15 is 0 Å². The van der Waals surface area contributed by atoms with Crippen LogP contribution < -0.4 is 5.32 Å². The summed E-state index contributed by atoms with van der Waals surface area (Å²) in [5, 5.41) is 7.20. The van der Waals surface area contributed by atoms with Gasteiger partial charge >= 0.3 is 0 Å². The first-order valence-corrected chi connectivity index (χ1v) is 16.4. The molecule has 3 aromatic carbocycles. The van der Waals surface area contributed by atoms with Gasteiger partial charge in [0, 0.05) is 59.2 Å². The van der Waals surface area contributed by atoms with E-state index < -0.39 is 0 Å². The van der Waals surface area contributed by atoms with E-state index in [0.717, 1.165) is 58.5 Å². The van der Waals surface area contributed by atoms with E-state index in [-0.39, 0.29) is 17.9 Å². The molecule has 3 N–H and O–H groups in total. The van der Waals surface area contributed by atoms with Gasteiger partial charge in [-0.2, -0.15) is 0 Å². The van der Waals surface area contributed by atoms with Crippen LogP contribution in [0.4, 0.5) is 0 Å². The highest BCUT2D eigenvalue weighted by Gasteiger charge is 2.26. The van der Waals surface area contributed by atoms with Crippen LogP contribution in [0.15, 0.2) is 73.1 Å². The number of carbonyl (C=O) groups excluding carboxylic acids is 2.